The molecule has 0 N–H and O–H groups in total. The van der Waals surface area contributed by atoms with Crippen LogP contribution in [0.4, 0.5) is 0 Å². The molecule has 0 saturated heterocycles. The molecule has 0 unspecified atom stereocenters. The summed E-state index contributed by atoms with van der Waals surface area (Å²) in [4.78, 5) is 41.6. The van der Waals surface area contributed by atoms with Gasteiger partial charge in [-0.3, -0.25) is 9.59 Å². The molecule has 3 aromatic rings. The molecule has 1 heterocycles. The molecule has 0 fully saturated rings. The van der Waals surface area contributed by atoms with Gasteiger partial charge in [0.05, 0.1) is 49.3 Å². The van der Waals surface area contributed by atoms with E-state index in [9.17, 15) is 14.4 Å². The number of hydrogen-bond acceptors (Lipinski definition) is 8. The lowest BCUT2D eigenvalue weighted by molar-refractivity contribution is -0.141. The maximum atomic E-state index is 13.0. The van der Waals surface area contributed by atoms with Crippen molar-refractivity contribution < 1.29 is 33.3 Å². The van der Waals surface area contributed by atoms with E-state index in [-0.39, 0.29) is 29.3 Å². The molecule has 3 rings (SSSR count). The Morgan fingerprint density at radius 1 is 1.06 bits per heavy atom. The Kier molecular flexibility index (Phi) is 7.26. The smallest absolute Gasteiger partial charge is 0.338 e. The van der Waals surface area contributed by atoms with Crippen molar-refractivity contribution >= 4 is 39.4 Å². The van der Waals surface area contributed by atoms with Gasteiger partial charge >= 0.3 is 11.9 Å². The van der Waals surface area contributed by atoms with Crippen LogP contribution < -0.4 is 14.3 Å². The number of methoxy groups -OCH3 is 3. The van der Waals surface area contributed by atoms with Crippen molar-refractivity contribution in [2.24, 2.45) is 4.99 Å². The summed E-state index contributed by atoms with van der Waals surface area (Å²) in [5, 5.41) is 0. The Morgan fingerprint density at radius 3 is 2.50 bits per heavy atom. The summed E-state index contributed by atoms with van der Waals surface area (Å²) in [5.41, 5.74) is 1.19. The third kappa shape index (κ3) is 4.65. The van der Waals surface area contributed by atoms with Gasteiger partial charge in [0, 0.05) is 0 Å². The number of carbonyl (C=O) groups is 3. The first-order valence-electron chi connectivity index (χ1n) is 9.60. The van der Waals surface area contributed by atoms with Crippen LogP contribution in [-0.4, -0.2) is 50.3 Å². The minimum Gasteiger partial charge on any atom is -0.493 e. The lowest BCUT2D eigenvalue weighted by atomic mass is 10.2. The van der Waals surface area contributed by atoms with Crippen molar-refractivity contribution in [3.8, 4) is 11.5 Å². The third-order valence-electron chi connectivity index (χ3n) is 4.54. The summed E-state index contributed by atoms with van der Waals surface area (Å²) in [5.74, 6) is -0.887. The average molecular weight is 458 g/mol. The molecule has 1 aromatic heterocycles. The highest BCUT2D eigenvalue weighted by molar-refractivity contribution is 7.16. The number of benzene rings is 2. The SMILES string of the molecule is CCOC(=O)c1ccc2c(c1)sc(=NC(=O)c1cccc(OC)c1OC)n2CC(=O)OC. The highest BCUT2D eigenvalue weighted by Gasteiger charge is 2.18. The molecule has 2 aromatic carbocycles. The largest absolute Gasteiger partial charge is 0.493 e. The van der Waals surface area contributed by atoms with Crippen molar-refractivity contribution in [2.75, 3.05) is 27.9 Å². The number of hydrogen-bond donors (Lipinski definition) is 0. The van der Waals surface area contributed by atoms with E-state index >= 15 is 0 Å². The van der Waals surface area contributed by atoms with Gasteiger partial charge in [-0.25, -0.2) is 4.79 Å². The summed E-state index contributed by atoms with van der Waals surface area (Å²) >= 11 is 1.16. The second kappa shape index (κ2) is 10.1. The number of ether oxygens (including phenoxy) is 4. The maximum absolute atomic E-state index is 13.0. The van der Waals surface area contributed by atoms with Crippen LogP contribution >= 0.6 is 11.3 Å². The number of nitrogens with zero attached hydrogens (tertiary/aromatic N) is 2. The van der Waals surface area contributed by atoms with Crippen LogP contribution in [0, 0.1) is 0 Å². The molecule has 0 saturated carbocycles. The second-order valence-corrected chi connectivity index (χ2v) is 7.42. The highest BCUT2D eigenvalue weighted by Crippen LogP contribution is 2.31. The van der Waals surface area contributed by atoms with Crippen molar-refractivity contribution in [2.45, 2.75) is 13.5 Å². The standard InChI is InChI=1S/C22H22N2O7S/c1-5-31-21(27)13-9-10-15-17(11-13)32-22(24(15)12-18(25)29-3)23-20(26)14-7-6-8-16(28-2)19(14)30-4/h6-11H,5,12H2,1-4H3. The fraction of sp³-hybridized carbons (Fsp3) is 0.273. The average Bonchev–Trinajstić information content (AvgIpc) is 3.14. The number of rotatable bonds is 7. The first-order valence-corrected chi connectivity index (χ1v) is 10.4. The van der Waals surface area contributed by atoms with Crippen molar-refractivity contribution in [3.63, 3.8) is 0 Å². The lowest BCUT2D eigenvalue weighted by Crippen LogP contribution is -2.22. The normalized spacial score (nSPS) is 11.3. The summed E-state index contributed by atoms with van der Waals surface area (Å²) in [6.45, 7) is 1.82. The molecule has 0 bridgehead atoms. The van der Waals surface area contributed by atoms with E-state index in [1.165, 1.54) is 21.3 Å². The van der Waals surface area contributed by atoms with Crippen LogP contribution in [-0.2, 0) is 20.8 Å². The molecular weight excluding hydrogens is 436 g/mol. The van der Waals surface area contributed by atoms with Gasteiger partial charge in [-0.1, -0.05) is 17.4 Å². The number of carbonyl (C=O) groups excluding carboxylic acids is 3. The molecule has 9 nitrogen and oxygen atoms in total. The molecule has 0 aliphatic carbocycles. The van der Waals surface area contributed by atoms with E-state index < -0.39 is 17.8 Å². The zero-order valence-corrected chi connectivity index (χ0v) is 18.9. The second-order valence-electron chi connectivity index (χ2n) is 6.41. The molecule has 0 aliphatic heterocycles. The number of aromatic nitrogens is 1. The minimum atomic E-state index is -0.573. The molecule has 10 heteroatoms. The predicted molar refractivity (Wildman–Crippen MR) is 117 cm³/mol. The van der Waals surface area contributed by atoms with Crippen molar-refractivity contribution in [1.29, 1.82) is 0 Å². The molecule has 0 aliphatic rings. The van der Waals surface area contributed by atoms with Crippen LogP contribution in [0.15, 0.2) is 41.4 Å². The number of para-hydroxylation sites is 1. The van der Waals surface area contributed by atoms with Gasteiger partial charge in [0.2, 0.25) is 0 Å². The third-order valence-corrected chi connectivity index (χ3v) is 5.58. The molecule has 0 atom stereocenters. The Morgan fingerprint density at radius 2 is 1.84 bits per heavy atom. The lowest BCUT2D eigenvalue weighted by Gasteiger charge is -2.10. The van der Waals surface area contributed by atoms with Gasteiger partial charge in [-0.05, 0) is 37.3 Å². The summed E-state index contributed by atoms with van der Waals surface area (Å²) in [6.07, 6.45) is 0. The molecule has 1 amide bonds. The van der Waals surface area contributed by atoms with Crippen molar-refractivity contribution in [1.82, 2.24) is 4.57 Å². The quantitative estimate of drug-likeness (QED) is 0.501. The Labute approximate surface area is 187 Å². The summed E-state index contributed by atoms with van der Waals surface area (Å²) < 4.78 is 22.6. The monoisotopic (exact) mass is 458 g/mol. The molecule has 168 valence electrons. The molecule has 32 heavy (non-hydrogen) atoms. The first kappa shape index (κ1) is 23.0. The summed E-state index contributed by atoms with van der Waals surface area (Å²) in [7, 11) is 4.18. The molecular formula is C22H22N2O7S. The maximum Gasteiger partial charge on any atom is 0.338 e. The topological polar surface area (TPSA) is 105 Å². The van der Waals surface area contributed by atoms with Gasteiger partial charge in [0.1, 0.15) is 6.54 Å². The van der Waals surface area contributed by atoms with E-state index in [1.54, 1.807) is 47.9 Å². The van der Waals surface area contributed by atoms with Crippen LogP contribution in [0.3, 0.4) is 0 Å². The van der Waals surface area contributed by atoms with Gasteiger partial charge in [0.15, 0.2) is 16.3 Å². The van der Waals surface area contributed by atoms with Gasteiger partial charge in [-0.2, -0.15) is 4.99 Å². The first-order chi connectivity index (χ1) is 15.4. The van der Waals surface area contributed by atoms with Crippen LogP contribution in [0.2, 0.25) is 0 Å². The van der Waals surface area contributed by atoms with Gasteiger partial charge in [0.25, 0.3) is 5.91 Å². The fourth-order valence-electron chi connectivity index (χ4n) is 3.05. The van der Waals surface area contributed by atoms with Crippen LogP contribution in [0.5, 0.6) is 11.5 Å². The minimum absolute atomic E-state index is 0.156. The highest BCUT2D eigenvalue weighted by atomic mass is 32.1. The zero-order valence-electron chi connectivity index (χ0n) is 18.0. The predicted octanol–water partition coefficient (Wildman–Crippen LogP) is 2.81. The van der Waals surface area contributed by atoms with E-state index in [2.05, 4.69) is 4.99 Å². The number of thiazole rings is 1. The number of fused-ring (bicyclic) bond motifs is 1. The summed E-state index contributed by atoms with van der Waals surface area (Å²) in [6, 6.07) is 9.81. The van der Waals surface area contributed by atoms with E-state index in [4.69, 9.17) is 18.9 Å². The van der Waals surface area contributed by atoms with E-state index in [1.807, 2.05) is 0 Å². The number of esters is 2. The van der Waals surface area contributed by atoms with Gasteiger partial charge < -0.3 is 23.5 Å². The molecule has 0 spiro atoms. The Hall–Kier alpha value is -3.66. The van der Waals surface area contributed by atoms with Crippen molar-refractivity contribution in [3.05, 3.63) is 52.3 Å². The molecule has 0 radical (unpaired) electrons. The number of amides is 1. The Balaban J connectivity index is 2.16. The Bertz CT molecular complexity index is 1240. The van der Waals surface area contributed by atoms with Crippen LogP contribution in [0.25, 0.3) is 10.2 Å². The van der Waals surface area contributed by atoms with Crippen LogP contribution in [0.1, 0.15) is 27.6 Å². The van der Waals surface area contributed by atoms with E-state index in [0.29, 0.717) is 21.5 Å². The van der Waals surface area contributed by atoms with E-state index in [0.717, 1.165) is 11.3 Å². The fourth-order valence-corrected chi connectivity index (χ4v) is 4.12. The zero-order chi connectivity index (χ0) is 23.3. The van der Waals surface area contributed by atoms with Gasteiger partial charge in [-0.15, -0.1) is 0 Å².